The third-order valence-electron chi connectivity index (χ3n) is 2.48. The minimum absolute atomic E-state index is 0.0473. The van der Waals surface area contributed by atoms with E-state index in [-0.39, 0.29) is 11.8 Å². The first kappa shape index (κ1) is 10.5. The summed E-state index contributed by atoms with van der Waals surface area (Å²) in [5.74, 6) is -0.348. The number of hydrogen-bond acceptors (Lipinski definition) is 3. The number of benzene rings is 1. The molecule has 1 heterocycles. The van der Waals surface area contributed by atoms with Crippen molar-refractivity contribution >= 4 is 11.1 Å². The van der Waals surface area contributed by atoms with Gasteiger partial charge in [0.1, 0.15) is 0 Å². The molecule has 0 N–H and O–H groups in total. The van der Waals surface area contributed by atoms with Gasteiger partial charge in [0.25, 0.3) is 0 Å². The van der Waals surface area contributed by atoms with Gasteiger partial charge in [-0.2, -0.15) is 5.26 Å². The van der Waals surface area contributed by atoms with E-state index in [1.807, 2.05) is 19.9 Å². The highest BCUT2D eigenvalue weighted by molar-refractivity contribution is 5.74. The molecule has 0 spiro atoms. The molecule has 1 aromatic carbocycles. The number of fused-ring (bicyclic) bond motifs is 1. The van der Waals surface area contributed by atoms with Gasteiger partial charge in [-0.05, 0) is 31.5 Å². The van der Waals surface area contributed by atoms with Crippen molar-refractivity contribution in [3.63, 3.8) is 0 Å². The van der Waals surface area contributed by atoms with Gasteiger partial charge >= 0.3 is 5.76 Å². The zero-order valence-corrected chi connectivity index (χ0v) is 9.23. The number of rotatable bonds is 2. The predicted octanol–water partition coefficient (Wildman–Crippen LogP) is 2.24. The van der Waals surface area contributed by atoms with E-state index in [4.69, 9.17) is 9.68 Å². The maximum atomic E-state index is 11.6. The highest BCUT2D eigenvalue weighted by Crippen LogP contribution is 2.18. The summed E-state index contributed by atoms with van der Waals surface area (Å²) in [6.07, 6.45) is 0.341. The summed E-state index contributed by atoms with van der Waals surface area (Å²) >= 11 is 0. The Kier molecular flexibility index (Phi) is 2.53. The maximum Gasteiger partial charge on any atom is 0.420 e. The molecule has 0 radical (unpaired) electrons. The average Bonchev–Trinajstić information content (AvgIpc) is 2.53. The lowest BCUT2D eigenvalue weighted by Crippen LogP contribution is -2.15. The molecule has 0 unspecified atom stereocenters. The van der Waals surface area contributed by atoms with E-state index in [0.29, 0.717) is 12.0 Å². The van der Waals surface area contributed by atoms with Crippen molar-refractivity contribution in [3.05, 3.63) is 34.3 Å². The van der Waals surface area contributed by atoms with Crippen LogP contribution in [0.15, 0.2) is 27.4 Å². The molecule has 0 saturated heterocycles. The van der Waals surface area contributed by atoms with Crippen LogP contribution >= 0.6 is 0 Å². The van der Waals surface area contributed by atoms with Crippen molar-refractivity contribution in [2.45, 2.75) is 26.3 Å². The Morgan fingerprint density at radius 2 is 2.25 bits per heavy atom. The molecule has 0 saturated carbocycles. The monoisotopic (exact) mass is 216 g/mol. The largest absolute Gasteiger partial charge is 0.420 e. The molecular formula is C12H12N2O2. The summed E-state index contributed by atoms with van der Waals surface area (Å²) in [6, 6.07) is 7.51. The second-order valence-electron chi connectivity index (χ2n) is 3.97. The number of nitrogens with zero attached hydrogens (tertiary/aromatic N) is 2. The van der Waals surface area contributed by atoms with Crippen LogP contribution in [0.25, 0.3) is 11.1 Å². The molecule has 2 rings (SSSR count). The van der Waals surface area contributed by atoms with Crippen molar-refractivity contribution in [3.8, 4) is 6.07 Å². The van der Waals surface area contributed by atoms with E-state index in [1.54, 1.807) is 16.7 Å². The topological polar surface area (TPSA) is 58.9 Å². The zero-order chi connectivity index (χ0) is 11.7. The average molecular weight is 216 g/mol. The van der Waals surface area contributed by atoms with Gasteiger partial charge < -0.3 is 4.42 Å². The van der Waals surface area contributed by atoms with Crippen LogP contribution in [0.5, 0.6) is 0 Å². The van der Waals surface area contributed by atoms with Crippen LogP contribution in [0.1, 0.15) is 25.5 Å². The Morgan fingerprint density at radius 3 is 2.88 bits per heavy atom. The SMILES string of the molecule is CC(C)n1c(=O)oc2ccc(CC#N)cc21. The molecule has 0 atom stereocenters. The minimum atomic E-state index is -0.348. The van der Waals surface area contributed by atoms with Crippen molar-refractivity contribution in [2.75, 3.05) is 0 Å². The van der Waals surface area contributed by atoms with Crippen LogP contribution in [0.2, 0.25) is 0 Å². The van der Waals surface area contributed by atoms with Gasteiger partial charge in [0.2, 0.25) is 0 Å². The molecule has 1 aromatic heterocycles. The molecule has 0 aliphatic heterocycles. The number of nitriles is 1. The minimum Gasteiger partial charge on any atom is -0.408 e. The summed E-state index contributed by atoms with van der Waals surface area (Å²) in [4.78, 5) is 11.6. The molecule has 0 amide bonds. The van der Waals surface area contributed by atoms with Gasteiger partial charge in [0, 0.05) is 6.04 Å². The quantitative estimate of drug-likeness (QED) is 0.773. The summed E-state index contributed by atoms with van der Waals surface area (Å²) < 4.78 is 6.71. The second-order valence-corrected chi connectivity index (χ2v) is 3.97. The maximum absolute atomic E-state index is 11.6. The van der Waals surface area contributed by atoms with Crippen LogP contribution in [0.4, 0.5) is 0 Å². The summed E-state index contributed by atoms with van der Waals surface area (Å²) in [5.41, 5.74) is 2.22. The predicted molar refractivity (Wildman–Crippen MR) is 60.2 cm³/mol. The third kappa shape index (κ3) is 1.61. The molecule has 16 heavy (non-hydrogen) atoms. The molecule has 0 aliphatic rings. The first-order valence-corrected chi connectivity index (χ1v) is 5.14. The van der Waals surface area contributed by atoms with Crippen LogP contribution in [-0.4, -0.2) is 4.57 Å². The number of hydrogen-bond donors (Lipinski definition) is 0. The standard InChI is InChI=1S/C12H12N2O2/c1-8(2)14-10-7-9(5-6-13)3-4-11(10)16-12(14)15/h3-4,7-8H,5H2,1-2H3. The highest BCUT2D eigenvalue weighted by atomic mass is 16.4. The highest BCUT2D eigenvalue weighted by Gasteiger charge is 2.11. The lowest BCUT2D eigenvalue weighted by atomic mass is 10.1. The smallest absolute Gasteiger partial charge is 0.408 e. The van der Waals surface area contributed by atoms with E-state index in [9.17, 15) is 4.79 Å². The fraction of sp³-hybridized carbons (Fsp3) is 0.333. The Hall–Kier alpha value is -2.02. The van der Waals surface area contributed by atoms with Gasteiger partial charge in [-0.3, -0.25) is 4.57 Å². The Labute approximate surface area is 92.7 Å². The van der Waals surface area contributed by atoms with Gasteiger partial charge in [-0.1, -0.05) is 6.07 Å². The molecule has 2 aromatic rings. The molecule has 0 fully saturated rings. The Balaban J connectivity index is 2.71. The van der Waals surface area contributed by atoms with E-state index in [0.717, 1.165) is 11.1 Å². The number of oxazole rings is 1. The van der Waals surface area contributed by atoms with Crippen molar-refractivity contribution in [1.82, 2.24) is 4.57 Å². The van der Waals surface area contributed by atoms with E-state index < -0.39 is 0 Å². The van der Waals surface area contributed by atoms with E-state index >= 15 is 0 Å². The summed E-state index contributed by atoms with van der Waals surface area (Å²) in [6.45, 7) is 3.85. The zero-order valence-electron chi connectivity index (χ0n) is 9.23. The summed E-state index contributed by atoms with van der Waals surface area (Å²) in [7, 11) is 0. The third-order valence-corrected chi connectivity index (χ3v) is 2.48. The first-order valence-electron chi connectivity index (χ1n) is 5.14. The van der Waals surface area contributed by atoms with Crippen LogP contribution in [0.3, 0.4) is 0 Å². The normalized spacial score (nSPS) is 10.9. The van der Waals surface area contributed by atoms with Gasteiger partial charge in [-0.15, -0.1) is 0 Å². The lowest BCUT2D eigenvalue weighted by molar-refractivity contribution is 0.478. The molecule has 82 valence electrons. The molecule has 4 heteroatoms. The van der Waals surface area contributed by atoms with Crippen LogP contribution in [0, 0.1) is 11.3 Å². The molecule has 0 aliphatic carbocycles. The molecular weight excluding hydrogens is 204 g/mol. The fourth-order valence-electron chi connectivity index (χ4n) is 1.77. The van der Waals surface area contributed by atoms with E-state index in [1.165, 1.54) is 0 Å². The van der Waals surface area contributed by atoms with E-state index in [2.05, 4.69) is 6.07 Å². The van der Waals surface area contributed by atoms with Crippen LogP contribution < -0.4 is 5.76 Å². The van der Waals surface area contributed by atoms with Crippen molar-refractivity contribution in [1.29, 1.82) is 5.26 Å². The van der Waals surface area contributed by atoms with Crippen molar-refractivity contribution < 1.29 is 4.42 Å². The molecule has 4 nitrogen and oxygen atoms in total. The molecule has 0 bridgehead atoms. The summed E-state index contributed by atoms with van der Waals surface area (Å²) in [5, 5.41) is 8.63. The number of aromatic nitrogens is 1. The van der Waals surface area contributed by atoms with Gasteiger partial charge in [-0.25, -0.2) is 4.79 Å². The lowest BCUT2D eigenvalue weighted by Gasteiger charge is -2.05. The fourth-order valence-corrected chi connectivity index (χ4v) is 1.77. The first-order chi connectivity index (χ1) is 7.63. The van der Waals surface area contributed by atoms with Crippen LogP contribution in [-0.2, 0) is 6.42 Å². The Bertz CT molecular complexity index is 614. The second kappa shape index (κ2) is 3.86. The Morgan fingerprint density at radius 1 is 1.50 bits per heavy atom. The van der Waals surface area contributed by atoms with Gasteiger partial charge in [0.15, 0.2) is 5.58 Å². The van der Waals surface area contributed by atoms with Gasteiger partial charge in [0.05, 0.1) is 18.0 Å². The van der Waals surface area contributed by atoms with Crippen molar-refractivity contribution in [2.24, 2.45) is 0 Å².